The number of aliphatic hydroxyl groups is 1. The van der Waals surface area contributed by atoms with Gasteiger partial charge in [-0.3, -0.25) is 0 Å². The molecule has 24 heavy (non-hydrogen) atoms. The first kappa shape index (κ1) is 18.8. The van der Waals surface area contributed by atoms with Crippen LogP contribution < -0.4 is 10.6 Å². The molecule has 2 rings (SSSR count). The Kier molecular flexibility index (Phi) is 4.51. The van der Waals surface area contributed by atoms with E-state index in [0.717, 1.165) is 31.4 Å². The first-order valence-electron chi connectivity index (χ1n) is 7.41. The molecule has 0 aliphatic heterocycles. The van der Waals surface area contributed by atoms with Gasteiger partial charge in [-0.25, -0.2) is 4.79 Å². The van der Waals surface area contributed by atoms with E-state index in [0.29, 0.717) is 6.42 Å². The Hall–Kier alpha value is -1.55. The third-order valence-corrected chi connectivity index (χ3v) is 5.18. The number of halogens is 5. The molecular formula is C14H19F5N2O2S. The predicted octanol–water partition coefficient (Wildman–Crippen LogP) is 5.02. The SMILES string of the molecule is O=C(Nc1ccc(S(F)(F)(F)(F)F)cc1)N[C@H]1CCCC[C@@H]1CO. The maximum Gasteiger partial charge on any atom is 0.319 e. The highest BCUT2D eigenvalue weighted by Crippen LogP contribution is 3.02. The Morgan fingerprint density at radius 1 is 1.08 bits per heavy atom. The normalized spacial score (nSPS) is 24.6. The molecule has 138 valence electrons. The molecular weight excluding hydrogens is 355 g/mol. The maximum absolute atomic E-state index is 12.6. The van der Waals surface area contributed by atoms with Crippen molar-refractivity contribution in [3.63, 3.8) is 0 Å². The minimum absolute atomic E-state index is 0.0329. The lowest BCUT2D eigenvalue weighted by atomic mass is 9.85. The quantitative estimate of drug-likeness (QED) is 0.649. The van der Waals surface area contributed by atoms with Gasteiger partial charge in [0.1, 0.15) is 4.90 Å². The second kappa shape index (κ2) is 5.76. The minimum atomic E-state index is -9.71. The van der Waals surface area contributed by atoms with Gasteiger partial charge in [0.25, 0.3) is 0 Å². The zero-order chi connectivity index (χ0) is 18.1. The van der Waals surface area contributed by atoms with Gasteiger partial charge in [-0.05, 0) is 37.1 Å². The molecule has 2 atom stereocenters. The third kappa shape index (κ3) is 4.97. The standard InChI is InChI=1S/C14H19F5N2O2S/c15-24(16,17,18,19)12-7-5-11(6-8-12)20-14(23)21-13-4-2-1-3-10(13)9-22/h5-8,10,13,22H,1-4,9H2,(H2,20,21,23)/t10-,13+/m1/s1. The van der Waals surface area contributed by atoms with Crippen molar-refractivity contribution in [1.29, 1.82) is 0 Å². The molecule has 0 unspecified atom stereocenters. The zero-order valence-electron chi connectivity index (χ0n) is 12.7. The van der Waals surface area contributed by atoms with Crippen LogP contribution in [0.2, 0.25) is 0 Å². The molecule has 0 bridgehead atoms. The number of hydrogen-bond donors (Lipinski definition) is 3. The van der Waals surface area contributed by atoms with Gasteiger partial charge in [0.2, 0.25) is 0 Å². The van der Waals surface area contributed by atoms with Gasteiger partial charge in [0.15, 0.2) is 0 Å². The fourth-order valence-electron chi connectivity index (χ4n) is 2.75. The summed E-state index contributed by atoms with van der Waals surface area (Å²) in [7, 11) is -9.71. The van der Waals surface area contributed by atoms with Crippen LogP contribution in [0.15, 0.2) is 29.2 Å². The van der Waals surface area contributed by atoms with Crippen LogP contribution in [0.5, 0.6) is 0 Å². The number of amides is 2. The molecule has 0 heterocycles. The van der Waals surface area contributed by atoms with E-state index in [-0.39, 0.29) is 36.4 Å². The predicted molar refractivity (Wildman–Crippen MR) is 82.8 cm³/mol. The van der Waals surface area contributed by atoms with Crippen LogP contribution in [0.4, 0.5) is 29.9 Å². The Labute approximate surface area is 136 Å². The molecule has 4 nitrogen and oxygen atoms in total. The van der Waals surface area contributed by atoms with E-state index in [1.165, 1.54) is 0 Å². The topological polar surface area (TPSA) is 61.4 Å². The Morgan fingerprint density at radius 3 is 2.21 bits per heavy atom. The van der Waals surface area contributed by atoms with Crippen molar-refractivity contribution in [2.24, 2.45) is 5.92 Å². The fourth-order valence-corrected chi connectivity index (χ4v) is 3.40. The number of carbonyl (C=O) groups excluding carboxylic acids is 1. The summed E-state index contributed by atoms with van der Waals surface area (Å²) in [5.41, 5.74) is -0.0329. The molecule has 3 N–H and O–H groups in total. The summed E-state index contributed by atoms with van der Waals surface area (Å²) in [6, 6.07) is 1.16. The molecule has 1 saturated carbocycles. The van der Waals surface area contributed by atoms with E-state index >= 15 is 0 Å². The van der Waals surface area contributed by atoms with Crippen LogP contribution in [0.25, 0.3) is 0 Å². The fraction of sp³-hybridized carbons (Fsp3) is 0.500. The number of aliphatic hydroxyl groups excluding tert-OH is 1. The first-order chi connectivity index (χ1) is 10.9. The van der Waals surface area contributed by atoms with E-state index in [1.807, 2.05) is 0 Å². The highest BCUT2D eigenvalue weighted by molar-refractivity contribution is 8.45. The number of urea groups is 1. The van der Waals surface area contributed by atoms with Crippen molar-refractivity contribution in [2.75, 3.05) is 11.9 Å². The van der Waals surface area contributed by atoms with E-state index < -0.39 is 21.2 Å². The van der Waals surface area contributed by atoms with E-state index in [9.17, 15) is 29.3 Å². The molecule has 1 aliphatic carbocycles. The highest BCUT2D eigenvalue weighted by atomic mass is 32.5. The molecule has 0 spiro atoms. The average Bonchev–Trinajstić information content (AvgIpc) is 2.46. The van der Waals surface area contributed by atoms with Crippen molar-refractivity contribution >= 4 is 21.9 Å². The molecule has 1 aromatic rings. The number of anilines is 1. The van der Waals surface area contributed by atoms with Crippen molar-refractivity contribution in [1.82, 2.24) is 5.32 Å². The Morgan fingerprint density at radius 2 is 1.67 bits per heavy atom. The molecule has 1 aliphatic rings. The van der Waals surface area contributed by atoms with Gasteiger partial charge in [-0.15, -0.1) is 0 Å². The van der Waals surface area contributed by atoms with Crippen LogP contribution in [-0.4, -0.2) is 23.8 Å². The maximum atomic E-state index is 12.6. The lowest BCUT2D eigenvalue weighted by Gasteiger charge is -2.40. The summed E-state index contributed by atoms with van der Waals surface area (Å²) in [4.78, 5) is 9.88. The molecule has 0 saturated heterocycles. The van der Waals surface area contributed by atoms with E-state index in [2.05, 4.69) is 10.6 Å². The smallest absolute Gasteiger partial charge is 0.319 e. The largest absolute Gasteiger partial charge is 0.396 e. The number of rotatable bonds is 4. The first-order valence-corrected chi connectivity index (χ1v) is 9.37. The number of carbonyl (C=O) groups is 1. The number of nitrogens with one attached hydrogen (secondary N) is 2. The Bertz CT molecular complexity index is 606. The molecule has 10 heteroatoms. The molecule has 2 amide bonds. The van der Waals surface area contributed by atoms with Crippen LogP contribution in [0.1, 0.15) is 25.7 Å². The van der Waals surface area contributed by atoms with Crippen LogP contribution in [-0.2, 0) is 0 Å². The van der Waals surface area contributed by atoms with E-state index in [1.54, 1.807) is 0 Å². The van der Waals surface area contributed by atoms with Gasteiger partial charge in [0, 0.05) is 24.3 Å². The van der Waals surface area contributed by atoms with Gasteiger partial charge >= 0.3 is 16.3 Å². The second-order valence-electron chi connectivity index (χ2n) is 5.93. The Balaban J connectivity index is 2.00. The minimum Gasteiger partial charge on any atom is -0.396 e. The van der Waals surface area contributed by atoms with Crippen molar-refractivity contribution in [3.05, 3.63) is 24.3 Å². The summed E-state index contributed by atoms with van der Waals surface area (Å²) in [6.45, 7) is -0.0659. The number of hydrogen-bond acceptors (Lipinski definition) is 2. The van der Waals surface area contributed by atoms with Crippen LogP contribution >= 0.6 is 10.2 Å². The molecule has 1 aromatic carbocycles. The molecule has 1 fully saturated rings. The van der Waals surface area contributed by atoms with E-state index in [4.69, 9.17) is 0 Å². The third-order valence-electron chi connectivity index (χ3n) is 4.02. The summed E-state index contributed by atoms with van der Waals surface area (Å²) in [6.07, 6.45) is 3.34. The number of benzene rings is 1. The summed E-state index contributed by atoms with van der Waals surface area (Å²) >= 11 is 0. The van der Waals surface area contributed by atoms with Gasteiger partial charge in [-0.2, -0.15) is 0 Å². The summed E-state index contributed by atoms with van der Waals surface area (Å²) < 4.78 is 63.0. The van der Waals surface area contributed by atoms with Crippen LogP contribution in [0.3, 0.4) is 0 Å². The molecule has 0 aromatic heterocycles. The lowest BCUT2D eigenvalue weighted by Crippen LogP contribution is -2.45. The zero-order valence-corrected chi connectivity index (χ0v) is 13.5. The van der Waals surface area contributed by atoms with Crippen molar-refractivity contribution < 1.29 is 29.3 Å². The lowest BCUT2D eigenvalue weighted by molar-refractivity contribution is 0.156. The van der Waals surface area contributed by atoms with Crippen LogP contribution in [0, 0.1) is 5.92 Å². The van der Waals surface area contributed by atoms with Gasteiger partial charge in [-0.1, -0.05) is 32.3 Å². The monoisotopic (exact) mass is 374 g/mol. The second-order valence-corrected chi connectivity index (χ2v) is 8.33. The van der Waals surface area contributed by atoms with Gasteiger partial charge < -0.3 is 15.7 Å². The highest BCUT2D eigenvalue weighted by Gasteiger charge is 2.65. The van der Waals surface area contributed by atoms with Crippen molar-refractivity contribution in [3.8, 4) is 0 Å². The molecule has 0 radical (unpaired) electrons. The summed E-state index contributed by atoms with van der Waals surface area (Å²) in [5.74, 6) is -0.0694. The summed E-state index contributed by atoms with van der Waals surface area (Å²) in [5, 5.41) is 14.2. The van der Waals surface area contributed by atoms with Gasteiger partial charge in [0.05, 0.1) is 0 Å². The average molecular weight is 374 g/mol. The van der Waals surface area contributed by atoms with Crippen molar-refractivity contribution in [2.45, 2.75) is 36.6 Å².